The first-order chi connectivity index (χ1) is 16.4. The van der Waals surface area contributed by atoms with Crippen LogP contribution < -0.4 is 19.7 Å². The summed E-state index contributed by atoms with van der Waals surface area (Å²) in [6.07, 6.45) is 1.79. The van der Waals surface area contributed by atoms with Crippen LogP contribution in [-0.2, 0) is 24.3 Å². The van der Waals surface area contributed by atoms with E-state index in [1.54, 1.807) is 41.3 Å². The molecule has 2 atom stereocenters. The molecule has 0 radical (unpaired) electrons. The van der Waals surface area contributed by atoms with Gasteiger partial charge in [0, 0.05) is 37.5 Å². The Morgan fingerprint density at radius 1 is 1.15 bits per heavy atom. The van der Waals surface area contributed by atoms with Gasteiger partial charge in [0.15, 0.2) is 0 Å². The Kier molecular flexibility index (Phi) is 7.50. The SMILES string of the molecule is CCOc1ccc(N2C[C@H](C(=O)Nc3ccc(S(=O)(=O)NC[C@@H]4CCCO4)cc3)CC2=O)cc1. The highest BCUT2D eigenvalue weighted by Gasteiger charge is 2.35. The minimum Gasteiger partial charge on any atom is -0.494 e. The van der Waals surface area contributed by atoms with Crippen molar-refractivity contribution in [3.63, 3.8) is 0 Å². The summed E-state index contributed by atoms with van der Waals surface area (Å²) < 4.78 is 38.4. The van der Waals surface area contributed by atoms with E-state index in [0.29, 0.717) is 24.6 Å². The van der Waals surface area contributed by atoms with E-state index in [4.69, 9.17) is 9.47 Å². The fourth-order valence-corrected chi connectivity index (χ4v) is 5.14. The lowest BCUT2D eigenvalue weighted by atomic mass is 10.1. The van der Waals surface area contributed by atoms with E-state index in [-0.39, 0.29) is 42.3 Å². The highest BCUT2D eigenvalue weighted by atomic mass is 32.2. The number of hydrogen-bond donors (Lipinski definition) is 2. The molecule has 0 aliphatic carbocycles. The molecule has 182 valence electrons. The van der Waals surface area contributed by atoms with E-state index >= 15 is 0 Å². The van der Waals surface area contributed by atoms with E-state index in [9.17, 15) is 18.0 Å². The Morgan fingerprint density at radius 3 is 2.53 bits per heavy atom. The highest BCUT2D eigenvalue weighted by molar-refractivity contribution is 7.89. The maximum Gasteiger partial charge on any atom is 0.240 e. The molecular weight excluding hydrogens is 458 g/mol. The van der Waals surface area contributed by atoms with Gasteiger partial charge in [-0.1, -0.05) is 0 Å². The fourth-order valence-electron chi connectivity index (χ4n) is 4.07. The molecule has 0 bridgehead atoms. The molecule has 2 aliphatic rings. The van der Waals surface area contributed by atoms with Gasteiger partial charge in [0.1, 0.15) is 5.75 Å². The lowest BCUT2D eigenvalue weighted by molar-refractivity contribution is -0.122. The lowest BCUT2D eigenvalue weighted by Crippen LogP contribution is -2.31. The van der Waals surface area contributed by atoms with Crippen LogP contribution in [0.1, 0.15) is 26.2 Å². The van der Waals surface area contributed by atoms with Gasteiger partial charge in [-0.2, -0.15) is 0 Å². The van der Waals surface area contributed by atoms with Crippen LogP contribution in [0.5, 0.6) is 5.75 Å². The second-order valence-corrected chi connectivity index (χ2v) is 10.1. The minimum atomic E-state index is -3.66. The molecule has 2 fully saturated rings. The summed E-state index contributed by atoms with van der Waals surface area (Å²) in [6, 6.07) is 13.2. The number of rotatable bonds is 9. The number of nitrogens with zero attached hydrogens (tertiary/aromatic N) is 1. The molecule has 10 heteroatoms. The third kappa shape index (κ3) is 5.75. The zero-order chi connectivity index (χ0) is 24.1. The average molecular weight is 488 g/mol. The predicted molar refractivity (Wildman–Crippen MR) is 127 cm³/mol. The summed E-state index contributed by atoms with van der Waals surface area (Å²) in [4.78, 5) is 27.0. The van der Waals surface area contributed by atoms with Gasteiger partial charge in [0.2, 0.25) is 21.8 Å². The van der Waals surface area contributed by atoms with Crippen molar-refractivity contribution < 1.29 is 27.5 Å². The van der Waals surface area contributed by atoms with E-state index in [0.717, 1.165) is 18.6 Å². The van der Waals surface area contributed by atoms with Crippen LogP contribution in [-0.4, -0.2) is 52.6 Å². The zero-order valence-electron chi connectivity index (χ0n) is 19.0. The second-order valence-electron chi connectivity index (χ2n) is 8.33. The summed E-state index contributed by atoms with van der Waals surface area (Å²) in [5, 5.41) is 2.78. The second kappa shape index (κ2) is 10.5. The van der Waals surface area contributed by atoms with Gasteiger partial charge in [-0.25, -0.2) is 13.1 Å². The van der Waals surface area contributed by atoms with Crippen molar-refractivity contribution >= 4 is 33.2 Å². The van der Waals surface area contributed by atoms with E-state index in [1.165, 1.54) is 12.1 Å². The van der Waals surface area contributed by atoms with Crippen LogP contribution in [0, 0.1) is 5.92 Å². The Hall–Kier alpha value is -2.95. The van der Waals surface area contributed by atoms with Gasteiger partial charge in [-0.15, -0.1) is 0 Å². The normalized spacial score (nSPS) is 20.5. The summed E-state index contributed by atoms with van der Waals surface area (Å²) in [5.74, 6) is -0.188. The van der Waals surface area contributed by atoms with Crippen LogP contribution in [0.25, 0.3) is 0 Å². The maximum atomic E-state index is 12.8. The summed E-state index contributed by atoms with van der Waals surface area (Å²) in [7, 11) is -3.66. The average Bonchev–Trinajstić information content (AvgIpc) is 3.49. The first-order valence-electron chi connectivity index (χ1n) is 11.4. The summed E-state index contributed by atoms with van der Waals surface area (Å²) in [5.41, 5.74) is 1.18. The number of hydrogen-bond acceptors (Lipinski definition) is 6. The molecule has 2 heterocycles. The van der Waals surface area contributed by atoms with Gasteiger partial charge in [-0.3, -0.25) is 9.59 Å². The van der Waals surface area contributed by atoms with Gasteiger partial charge in [0.25, 0.3) is 0 Å². The van der Waals surface area contributed by atoms with Crippen molar-refractivity contribution in [3.8, 4) is 5.75 Å². The van der Waals surface area contributed by atoms with Crippen molar-refractivity contribution in [1.29, 1.82) is 0 Å². The number of ether oxygens (including phenoxy) is 2. The number of benzene rings is 2. The molecule has 4 rings (SSSR count). The monoisotopic (exact) mass is 487 g/mol. The molecule has 34 heavy (non-hydrogen) atoms. The standard InChI is InChI=1S/C24H29N3O6S/c1-2-32-20-9-7-19(8-10-20)27-16-17(14-23(27)28)24(29)26-18-5-11-22(12-6-18)34(30,31)25-15-21-4-3-13-33-21/h5-12,17,21,25H,2-4,13-16H2,1H3,(H,26,29)/t17-,21+/m1/s1. The van der Waals surface area contributed by atoms with Crippen molar-refractivity contribution in [2.24, 2.45) is 5.92 Å². The minimum absolute atomic E-state index is 0.0929. The smallest absolute Gasteiger partial charge is 0.240 e. The van der Waals surface area contributed by atoms with Crippen molar-refractivity contribution in [2.75, 3.05) is 36.5 Å². The van der Waals surface area contributed by atoms with Crippen molar-refractivity contribution in [1.82, 2.24) is 4.72 Å². The molecule has 2 amide bonds. The first kappa shape index (κ1) is 24.2. The Labute approximate surface area is 199 Å². The van der Waals surface area contributed by atoms with Crippen LogP contribution in [0.3, 0.4) is 0 Å². The molecule has 2 saturated heterocycles. The largest absolute Gasteiger partial charge is 0.494 e. The van der Waals surface area contributed by atoms with Crippen LogP contribution in [0.15, 0.2) is 53.4 Å². The first-order valence-corrected chi connectivity index (χ1v) is 12.9. The third-order valence-electron chi connectivity index (χ3n) is 5.91. The number of sulfonamides is 1. The van der Waals surface area contributed by atoms with E-state index in [2.05, 4.69) is 10.0 Å². The topological polar surface area (TPSA) is 114 Å². The molecule has 2 aromatic carbocycles. The van der Waals surface area contributed by atoms with Gasteiger partial charge in [-0.05, 0) is 68.3 Å². The fraction of sp³-hybridized carbons (Fsp3) is 0.417. The summed E-state index contributed by atoms with van der Waals surface area (Å²) in [6.45, 7) is 3.63. The van der Waals surface area contributed by atoms with Gasteiger partial charge >= 0.3 is 0 Å². The molecule has 0 saturated carbocycles. The maximum absolute atomic E-state index is 12.8. The van der Waals surface area contributed by atoms with Gasteiger partial charge < -0.3 is 19.7 Å². The molecular formula is C24H29N3O6S. The van der Waals surface area contributed by atoms with Crippen molar-refractivity contribution in [2.45, 2.75) is 37.2 Å². The number of carbonyl (C=O) groups is 2. The quantitative estimate of drug-likeness (QED) is 0.562. The molecule has 2 aliphatic heterocycles. The number of nitrogens with one attached hydrogen (secondary N) is 2. The van der Waals surface area contributed by atoms with Crippen molar-refractivity contribution in [3.05, 3.63) is 48.5 Å². The Balaban J connectivity index is 1.33. The third-order valence-corrected chi connectivity index (χ3v) is 7.35. The summed E-state index contributed by atoms with van der Waals surface area (Å²) >= 11 is 0. The number of anilines is 2. The molecule has 0 aromatic heterocycles. The zero-order valence-corrected chi connectivity index (χ0v) is 19.8. The molecule has 0 unspecified atom stereocenters. The van der Waals surface area contributed by atoms with E-state index in [1.807, 2.05) is 6.92 Å². The predicted octanol–water partition coefficient (Wildman–Crippen LogP) is 2.53. The highest BCUT2D eigenvalue weighted by Crippen LogP contribution is 2.28. The molecule has 9 nitrogen and oxygen atoms in total. The van der Waals surface area contributed by atoms with Crippen LogP contribution in [0.2, 0.25) is 0 Å². The number of carbonyl (C=O) groups excluding carboxylic acids is 2. The van der Waals surface area contributed by atoms with E-state index < -0.39 is 15.9 Å². The Bertz CT molecular complexity index is 1110. The molecule has 0 spiro atoms. The van der Waals surface area contributed by atoms with Crippen LogP contribution >= 0.6 is 0 Å². The molecule has 2 aromatic rings. The Morgan fingerprint density at radius 2 is 1.88 bits per heavy atom. The molecule has 2 N–H and O–H groups in total. The number of amides is 2. The lowest BCUT2D eigenvalue weighted by Gasteiger charge is -2.17. The van der Waals surface area contributed by atoms with Crippen LogP contribution in [0.4, 0.5) is 11.4 Å². The van der Waals surface area contributed by atoms with Gasteiger partial charge in [0.05, 0.1) is 23.5 Å².